The number of nitrogens with zero attached hydrogens (tertiary/aromatic N) is 3. The molecule has 0 unspecified atom stereocenters. The van der Waals surface area contributed by atoms with Gasteiger partial charge in [0.15, 0.2) is 0 Å². The number of pyridine rings is 1. The SMILES string of the molecule is O=C(NCc1nccn1-c1cc2cc(C(=O)O)c(=O)[nH]c2cc1[N+](=O)[O-])Nc1cccc(C(=O)O)c1. The van der Waals surface area contributed by atoms with E-state index in [1.54, 1.807) is 0 Å². The molecule has 0 fully saturated rings. The number of aromatic nitrogens is 3. The molecule has 0 aliphatic heterocycles. The number of carbonyl (C=O) groups excluding carboxylic acids is 1. The molecule has 14 nitrogen and oxygen atoms in total. The standard InChI is InChI=1S/C22H16N6O8/c29-19-14(21(32)33)7-12-8-16(17(28(35)36)9-15(12)26-19)27-5-4-23-18(27)10-24-22(34)25-13-3-1-2-11(6-13)20(30)31/h1-9H,10H2,(H,26,29)(H,30,31)(H,32,33)(H2,24,25,34). The molecule has 4 rings (SSSR count). The van der Waals surface area contributed by atoms with Crippen molar-refractivity contribution >= 4 is 40.2 Å². The molecule has 2 heterocycles. The molecule has 2 amide bonds. The highest BCUT2D eigenvalue weighted by atomic mass is 16.6. The monoisotopic (exact) mass is 492 g/mol. The average molecular weight is 492 g/mol. The fourth-order valence-corrected chi connectivity index (χ4v) is 3.48. The van der Waals surface area contributed by atoms with Crippen molar-refractivity contribution < 1.29 is 29.5 Å². The van der Waals surface area contributed by atoms with E-state index in [0.717, 1.165) is 12.1 Å². The molecule has 4 aromatic rings. The summed E-state index contributed by atoms with van der Waals surface area (Å²) >= 11 is 0. The zero-order valence-corrected chi connectivity index (χ0v) is 18.1. The predicted octanol–water partition coefficient (Wildman–Crippen LogP) is 2.34. The predicted molar refractivity (Wildman–Crippen MR) is 125 cm³/mol. The van der Waals surface area contributed by atoms with Gasteiger partial charge in [-0.25, -0.2) is 19.4 Å². The Hall–Kier alpha value is -5.53. The number of carboxylic acid groups (broad SMARTS) is 2. The number of anilines is 1. The summed E-state index contributed by atoms with van der Waals surface area (Å²) in [5, 5.41) is 35.3. The van der Waals surface area contributed by atoms with Gasteiger partial charge in [0.2, 0.25) is 0 Å². The van der Waals surface area contributed by atoms with Crippen LogP contribution >= 0.6 is 0 Å². The number of benzene rings is 2. The smallest absolute Gasteiger partial charge is 0.341 e. The van der Waals surface area contributed by atoms with Crippen molar-refractivity contribution in [2.24, 2.45) is 0 Å². The van der Waals surface area contributed by atoms with Crippen molar-refractivity contribution in [2.75, 3.05) is 5.32 Å². The number of imidazole rings is 1. The maximum atomic E-state index is 12.3. The number of carboxylic acids is 2. The molecule has 0 atom stereocenters. The van der Waals surface area contributed by atoms with E-state index in [1.165, 1.54) is 47.3 Å². The first kappa shape index (κ1) is 23.6. The minimum Gasteiger partial charge on any atom is -0.478 e. The maximum Gasteiger partial charge on any atom is 0.341 e. The van der Waals surface area contributed by atoms with Gasteiger partial charge in [0.1, 0.15) is 17.1 Å². The van der Waals surface area contributed by atoms with E-state index in [4.69, 9.17) is 5.11 Å². The number of hydrogen-bond donors (Lipinski definition) is 5. The zero-order chi connectivity index (χ0) is 26.0. The van der Waals surface area contributed by atoms with Crippen LogP contribution in [0.15, 0.2) is 59.7 Å². The van der Waals surface area contributed by atoms with Crippen LogP contribution < -0.4 is 16.2 Å². The molecule has 2 aromatic carbocycles. The van der Waals surface area contributed by atoms with Gasteiger partial charge in [-0.2, -0.15) is 0 Å². The normalized spacial score (nSPS) is 10.7. The van der Waals surface area contributed by atoms with E-state index in [0.29, 0.717) is 0 Å². The Labute approximate surface area is 200 Å². The van der Waals surface area contributed by atoms with E-state index in [-0.39, 0.29) is 40.2 Å². The summed E-state index contributed by atoms with van der Waals surface area (Å²) in [5.74, 6) is -2.40. The molecule has 0 saturated carbocycles. The maximum absolute atomic E-state index is 12.3. The third-order valence-electron chi connectivity index (χ3n) is 5.12. The summed E-state index contributed by atoms with van der Waals surface area (Å²) in [6, 6.07) is 8.48. The van der Waals surface area contributed by atoms with Gasteiger partial charge < -0.3 is 25.8 Å². The van der Waals surface area contributed by atoms with Crippen LogP contribution in [-0.2, 0) is 6.54 Å². The van der Waals surface area contributed by atoms with Gasteiger partial charge in [-0.15, -0.1) is 0 Å². The molecule has 0 aliphatic carbocycles. The highest BCUT2D eigenvalue weighted by Gasteiger charge is 2.21. The number of nitro benzene ring substituents is 1. The van der Waals surface area contributed by atoms with Crippen LogP contribution in [0.2, 0.25) is 0 Å². The molecule has 0 spiro atoms. The molecule has 182 valence electrons. The topological polar surface area (TPSA) is 210 Å². The summed E-state index contributed by atoms with van der Waals surface area (Å²) in [6.45, 7) is -0.168. The van der Waals surface area contributed by atoms with E-state index in [9.17, 15) is 34.4 Å². The zero-order valence-electron chi connectivity index (χ0n) is 18.1. The Kier molecular flexibility index (Phi) is 6.15. The molecule has 2 aromatic heterocycles. The summed E-state index contributed by atoms with van der Waals surface area (Å²) in [6.07, 6.45) is 2.78. The highest BCUT2D eigenvalue weighted by Crippen LogP contribution is 2.29. The van der Waals surface area contributed by atoms with Crippen molar-refractivity contribution in [3.05, 3.63) is 92.3 Å². The Morgan fingerprint density at radius 2 is 1.89 bits per heavy atom. The lowest BCUT2D eigenvalue weighted by atomic mass is 10.1. The van der Waals surface area contributed by atoms with Crippen molar-refractivity contribution in [3.8, 4) is 5.69 Å². The van der Waals surface area contributed by atoms with Gasteiger partial charge >= 0.3 is 18.0 Å². The summed E-state index contributed by atoms with van der Waals surface area (Å²) in [7, 11) is 0. The number of aromatic carboxylic acids is 2. The Morgan fingerprint density at radius 1 is 1.11 bits per heavy atom. The Bertz CT molecular complexity index is 1610. The van der Waals surface area contributed by atoms with Crippen LogP contribution in [0.4, 0.5) is 16.2 Å². The van der Waals surface area contributed by atoms with Gasteiger partial charge in [-0.05, 0) is 30.3 Å². The Balaban J connectivity index is 1.63. The minimum atomic E-state index is -1.45. The fraction of sp³-hybridized carbons (Fsp3) is 0.0455. The highest BCUT2D eigenvalue weighted by molar-refractivity contribution is 5.94. The molecule has 0 saturated heterocycles. The van der Waals surface area contributed by atoms with Crippen LogP contribution in [0.1, 0.15) is 26.5 Å². The van der Waals surface area contributed by atoms with Gasteiger partial charge in [0.25, 0.3) is 11.2 Å². The number of rotatable bonds is 7. The fourth-order valence-electron chi connectivity index (χ4n) is 3.48. The first-order valence-electron chi connectivity index (χ1n) is 10.1. The number of H-pyrrole nitrogens is 1. The van der Waals surface area contributed by atoms with Crippen LogP contribution in [0.5, 0.6) is 0 Å². The molecule has 36 heavy (non-hydrogen) atoms. The molecule has 0 aliphatic rings. The van der Waals surface area contributed by atoms with Gasteiger partial charge in [-0.3, -0.25) is 19.5 Å². The molecule has 5 N–H and O–H groups in total. The summed E-state index contributed by atoms with van der Waals surface area (Å²) in [4.78, 5) is 64.2. The number of fused-ring (bicyclic) bond motifs is 1. The number of aromatic amines is 1. The number of nitro groups is 1. The second-order valence-electron chi connectivity index (χ2n) is 7.41. The molecule has 0 radical (unpaired) electrons. The van der Waals surface area contributed by atoms with E-state index < -0.39 is 39.7 Å². The van der Waals surface area contributed by atoms with E-state index >= 15 is 0 Å². The lowest BCUT2D eigenvalue weighted by Crippen LogP contribution is -2.29. The van der Waals surface area contributed by atoms with Crippen molar-refractivity contribution in [3.63, 3.8) is 0 Å². The van der Waals surface area contributed by atoms with Gasteiger partial charge in [0, 0.05) is 29.5 Å². The van der Waals surface area contributed by atoms with E-state index in [1.807, 2.05) is 0 Å². The lowest BCUT2D eigenvalue weighted by Gasteiger charge is -2.12. The van der Waals surface area contributed by atoms with Crippen molar-refractivity contribution in [2.45, 2.75) is 6.54 Å². The Morgan fingerprint density at radius 3 is 2.58 bits per heavy atom. The van der Waals surface area contributed by atoms with Crippen molar-refractivity contribution in [1.82, 2.24) is 19.9 Å². The number of hydrogen-bond acceptors (Lipinski definition) is 7. The van der Waals surface area contributed by atoms with Gasteiger partial charge in [-0.1, -0.05) is 6.07 Å². The summed E-state index contributed by atoms with van der Waals surface area (Å²) < 4.78 is 1.34. The van der Waals surface area contributed by atoms with Crippen LogP contribution in [0, 0.1) is 10.1 Å². The molecule has 0 bridgehead atoms. The molecule has 14 heteroatoms. The average Bonchev–Trinajstić information content (AvgIpc) is 3.30. The van der Waals surface area contributed by atoms with Gasteiger partial charge in [0.05, 0.1) is 22.5 Å². The quantitative estimate of drug-likeness (QED) is 0.189. The largest absolute Gasteiger partial charge is 0.478 e. The van der Waals surface area contributed by atoms with E-state index in [2.05, 4.69) is 20.6 Å². The first-order chi connectivity index (χ1) is 17.1. The number of carbonyl (C=O) groups is 3. The molecular formula is C22H16N6O8. The first-order valence-corrected chi connectivity index (χ1v) is 10.1. The third kappa shape index (κ3) is 4.72. The number of amides is 2. The summed E-state index contributed by atoms with van der Waals surface area (Å²) in [5.41, 5.74) is -1.50. The minimum absolute atomic E-state index is 0.0145. The number of nitrogens with one attached hydrogen (secondary N) is 3. The molecular weight excluding hydrogens is 476 g/mol. The van der Waals surface area contributed by atoms with Crippen LogP contribution in [0.3, 0.4) is 0 Å². The van der Waals surface area contributed by atoms with Crippen molar-refractivity contribution in [1.29, 1.82) is 0 Å². The second kappa shape index (κ2) is 9.38. The number of urea groups is 1. The van der Waals surface area contributed by atoms with Crippen LogP contribution in [-0.4, -0.2) is 47.6 Å². The van der Waals surface area contributed by atoms with Crippen LogP contribution in [0.25, 0.3) is 16.6 Å². The third-order valence-corrected chi connectivity index (χ3v) is 5.12. The lowest BCUT2D eigenvalue weighted by molar-refractivity contribution is -0.384. The second-order valence-corrected chi connectivity index (χ2v) is 7.41.